The first-order valence-corrected chi connectivity index (χ1v) is 8.52. The molecule has 128 valence electrons. The van der Waals surface area contributed by atoms with Gasteiger partial charge in [-0.1, -0.05) is 11.6 Å². The van der Waals surface area contributed by atoms with Crippen molar-refractivity contribution in [3.8, 4) is 0 Å². The van der Waals surface area contributed by atoms with Crippen LogP contribution in [0.3, 0.4) is 0 Å². The minimum Gasteiger partial charge on any atom is -0.481 e. The maximum absolute atomic E-state index is 12.4. The first kappa shape index (κ1) is 18.1. The number of aromatic nitrogens is 2. The fraction of sp³-hybridized carbons (Fsp3) is 0.214. The van der Waals surface area contributed by atoms with Crippen LogP contribution in [0, 0.1) is 0 Å². The smallest absolute Gasteiger partial charge is 0.308 e. The summed E-state index contributed by atoms with van der Waals surface area (Å²) >= 11 is 5.74. The van der Waals surface area contributed by atoms with Crippen molar-refractivity contribution >= 4 is 27.6 Å². The third kappa shape index (κ3) is 4.19. The van der Waals surface area contributed by atoms with Crippen molar-refractivity contribution in [3.05, 3.63) is 57.2 Å². The number of aliphatic carboxylic acids is 1. The first-order valence-electron chi connectivity index (χ1n) is 6.71. The Labute approximate surface area is 142 Å². The molecule has 0 aliphatic heterocycles. The van der Waals surface area contributed by atoms with Gasteiger partial charge in [-0.2, -0.15) is 4.31 Å². The monoisotopic (exact) mass is 371 g/mol. The van der Waals surface area contributed by atoms with Gasteiger partial charge < -0.3 is 10.1 Å². The fourth-order valence-electron chi connectivity index (χ4n) is 1.91. The average Bonchev–Trinajstić information content (AvgIpc) is 2.50. The molecule has 0 unspecified atom stereocenters. The predicted octanol–water partition coefficient (Wildman–Crippen LogP) is 0.871. The number of halogens is 1. The number of nitrogens with one attached hydrogen (secondary N) is 1. The lowest BCUT2D eigenvalue weighted by atomic mass is 10.2. The molecule has 1 aromatic heterocycles. The lowest BCUT2D eigenvalue weighted by Gasteiger charge is -2.16. The zero-order valence-electron chi connectivity index (χ0n) is 12.6. The third-order valence-electron chi connectivity index (χ3n) is 3.16. The van der Waals surface area contributed by atoms with E-state index >= 15 is 0 Å². The number of hydrogen-bond acceptors (Lipinski definition) is 5. The van der Waals surface area contributed by atoms with E-state index < -0.39 is 28.0 Å². The Morgan fingerprint density at radius 2 is 1.96 bits per heavy atom. The van der Waals surface area contributed by atoms with Crippen molar-refractivity contribution in [1.29, 1.82) is 0 Å². The standard InChI is InChI=1S/C14H14ClN3O5S/c1-18(24(22,23)11-4-2-10(15)3-5-11)8-12-16-7-9(6-13(19)20)14(21)17-12/h2-5,7H,6,8H2,1H3,(H,19,20)(H,16,17,21). The summed E-state index contributed by atoms with van der Waals surface area (Å²) in [6.45, 7) is -0.173. The van der Waals surface area contributed by atoms with Crippen molar-refractivity contribution in [2.45, 2.75) is 17.9 Å². The van der Waals surface area contributed by atoms with Crippen LogP contribution >= 0.6 is 11.6 Å². The van der Waals surface area contributed by atoms with E-state index in [1.165, 1.54) is 31.3 Å². The molecule has 1 aromatic carbocycles. The molecule has 0 atom stereocenters. The third-order valence-corrected chi connectivity index (χ3v) is 5.23. The summed E-state index contributed by atoms with van der Waals surface area (Å²) in [7, 11) is -2.44. The van der Waals surface area contributed by atoms with Crippen LogP contribution in [0.1, 0.15) is 11.4 Å². The van der Waals surface area contributed by atoms with Gasteiger partial charge in [0, 0.05) is 23.8 Å². The van der Waals surface area contributed by atoms with E-state index in [2.05, 4.69) is 9.97 Å². The molecule has 2 rings (SSSR count). The van der Waals surface area contributed by atoms with Crippen LogP contribution < -0.4 is 5.56 Å². The topological polar surface area (TPSA) is 120 Å². The highest BCUT2D eigenvalue weighted by Gasteiger charge is 2.21. The molecule has 2 aromatic rings. The molecule has 0 saturated heterocycles. The van der Waals surface area contributed by atoms with Gasteiger partial charge in [0.2, 0.25) is 10.0 Å². The number of benzene rings is 1. The van der Waals surface area contributed by atoms with Crippen LogP contribution in [-0.4, -0.2) is 40.8 Å². The Bertz CT molecular complexity index is 909. The van der Waals surface area contributed by atoms with Crippen molar-refractivity contribution in [2.24, 2.45) is 0 Å². The summed E-state index contributed by atoms with van der Waals surface area (Å²) in [5.41, 5.74) is -0.617. The molecular weight excluding hydrogens is 358 g/mol. The summed E-state index contributed by atoms with van der Waals surface area (Å²) in [5.74, 6) is -1.05. The van der Waals surface area contributed by atoms with E-state index in [0.717, 1.165) is 10.5 Å². The normalized spacial score (nSPS) is 11.6. The van der Waals surface area contributed by atoms with Crippen molar-refractivity contribution in [1.82, 2.24) is 14.3 Å². The van der Waals surface area contributed by atoms with E-state index in [1.54, 1.807) is 0 Å². The first-order chi connectivity index (χ1) is 11.2. The highest BCUT2D eigenvalue weighted by Crippen LogP contribution is 2.18. The fourth-order valence-corrected chi connectivity index (χ4v) is 3.17. The maximum Gasteiger partial charge on any atom is 0.308 e. The van der Waals surface area contributed by atoms with Gasteiger partial charge in [-0.05, 0) is 24.3 Å². The van der Waals surface area contributed by atoms with Crippen LogP contribution in [0.5, 0.6) is 0 Å². The Balaban J connectivity index is 2.21. The SMILES string of the molecule is CN(Cc1ncc(CC(=O)O)c(=O)[nH]1)S(=O)(=O)c1ccc(Cl)cc1. The van der Waals surface area contributed by atoms with Gasteiger partial charge in [0.05, 0.1) is 17.9 Å². The molecule has 0 bridgehead atoms. The summed E-state index contributed by atoms with van der Waals surface area (Å²) in [6.07, 6.45) is 0.673. The lowest BCUT2D eigenvalue weighted by Crippen LogP contribution is -2.29. The summed E-state index contributed by atoms with van der Waals surface area (Å²) in [4.78, 5) is 28.7. The quantitative estimate of drug-likeness (QED) is 0.777. The second-order valence-electron chi connectivity index (χ2n) is 4.97. The number of aromatic amines is 1. The number of rotatable bonds is 6. The summed E-state index contributed by atoms with van der Waals surface area (Å²) in [6, 6.07) is 5.67. The second kappa shape index (κ2) is 7.12. The Morgan fingerprint density at radius 3 is 2.50 bits per heavy atom. The molecule has 0 amide bonds. The molecule has 0 saturated carbocycles. The summed E-state index contributed by atoms with van der Waals surface area (Å²) in [5, 5.41) is 9.09. The molecule has 2 N–H and O–H groups in total. The van der Waals surface area contributed by atoms with Gasteiger partial charge in [0.15, 0.2) is 0 Å². The van der Waals surface area contributed by atoms with Gasteiger partial charge in [-0.25, -0.2) is 13.4 Å². The number of H-pyrrole nitrogens is 1. The Morgan fingerprint density at radius 1 is 1.33 bits per heavy atom. The number of nitrogens with zero attached hydrogens (tertiary/aromatic N) is 2. The largest absolute Gasteiger partial charge is 0.481 e. The van der Waals surface area contributed by atoms with Crippen LogP contribution in [0.15, 0.2) is 40.2 Å². The van der Waals surface area contributed by atoms with Gasteiger partial charge >= 0.3 is 5.97 Å². The Kier molecular flexibility index (Phi) is 5.37. The van der Waals surface area contributed by atoms with Crippen molar-refractivity contribution < 1.29 is 18.3 Å². The molecule has 0 spiro atoms. The van der Waals surface area contributed by atoms with E-state index in [4.69, 9.17) is 16.7 Å². The maximum atomic E-state index is 12.4. The highest BCUT2D eigenvalue weighted by atomic mass is 35.5. The van der Waals surface area contributed by atoms with E-state index in [9.17, 15) is 18.0 Å². The zero-order chi connectivity index (χ0) is 17.9. The van der Waals surface area contributed by atoms with Crippen LogP contribution in [0.25, 0.3) is 0 Å². The summed E-state index contributed by atoms with van der Waals surface area (Å²) < 4.78 is 25.9. The Hall–Kier alpha value is -2.23. The van der Waals surface area contributed by atoms with Crippen molar-refractivity contribution in [3.63, 3.8) is 0 Å². The van der Waals surface area contributed by atoms with E-state index in [1.807, 2.05) is 0 Å². The molecule has 1 heterocycles. The zero-order valence-corrected chi connectivity index (χ0v) is 14.1. The van der Waals surface area contributed by atoms with Crippen molar-refractivity contribution in [2.75, 3.05) is 7.05 Å². The molecule has 10 heteroatoms. The van der Waals surface area contributed by atoms with Crippen LogP contribution in [0.2, 0.25) is 5.02 Å². The molecule has 24 heavy (non-hydrogen) atoms. The van der Waals surface area contributed by atoms with Crippen LogP contribution in [-0.2, 0) is 27.8 Å². The number of carboxylic acid groups (broad SMARTS) is 1. The van der Waals surface area contributed by atoms with E-state index in [-0.39, 0.29) is 22.8 Å². The van der Waals surface area contributed by atoms with Gasteiger partial charge in [0.1, 0.15) is 5.82 Å². The predicted molar refractivity (Wildman–Crippen MR) is 86.3 cm³/mol. The minimum absolute atomic E-state index is 0.00513. The molecule has 8 nitrogen and oxygen atoms in total. The number of hydrogen-bond donors (Lipinski definition) is 2. The minimum atomic E-state index is -3.78. The van der Waals surface area contributed by atoms with Gasteiger partial charge in [-0.3, -0.25) is 9.59 Å². The molecule has 0 fully saturated rings. The number of carbonyl (C=O) groups is 1. The molecule has 0 aliphatic carbocycles. The van der Waals surface area contributed by atoms with E-state index in [0.29, 0.717) is 5.02 Å². The number of carboxylic acids is 1. The second-order valence-corrected chi connectivity index (χ2v) is 7.45. The van der Waals surface area contributed by atoms with Gasteiger partial charge in [0.25, 0.3) is 5.56 Å². The molecule has 0 radical (unpaired) electrons. The average molecular weight is 372 g/mol. The van der Waals surface area contributed by atoms with Gasteiger partial charge in [-0.15, -0.1) is 0 Å². The lowest BCUT2D eigenvalue weighted by molar-refractivity contribution is -0.136. The highest BCUT2D eigenvalue weighted by molar-refractivity contribution is 7.89. The molecule has 0 aliphatic rings. The number of sulfonamides is 1. The molecular formula is C14H14ClN3O5S. The van der Waals surface area contributed by atoms with Crippen LogP contribution in [0.4, 0.5) is 0 Å².